The summed E-state index contributed by atoms with van der Waals surface area (Å²) in [6, 6.07) is 8.67. The van der Waals surface area contributed by atoms with Gasteiger partial charge in [0.25, 0.3) is 0 Å². The molecule has 3 aromatic rings. The lowest BCUT2D eigenvalue weighted by atomic mass is 10.1. The molecule has 0 fully saturated rings. The van der Waals surface area contributed by atoms with Gasteiger partial charge in [-0.2, -0.15) is 4.98 Å². The average Bonchev–Trinajstić information content (AvgIpc) is 2.99. The molecule has 0 aliphatic carbocycles. The molecule has 0 radical (unpaired) electrons. The number of para-hydroxylation sites is 1. The molecule has 0 saturated carbocycles. The molecule has 0 unspecified atom stereocenters. The van der Waals surface area contributed by atoms with Crippen LogP contribution in [0, 0.1) is 0 Å². The van der Waals surface area contributed by atoms with Crippen molar-refractivity contribution < 1.29 is 14.4 Å². The molecule has 106 valence electrons. The zero-order chi connectivity index (χ0) is 14.7. The lowest BCUT2D eigenvalue weighted by Gasteiger charge is -2.08. The third-order valence-electron chi connectivity index (χ3n) is 3.01. The number of hydrogen-bond acceptors (Lipinski definition) is 6. The summed E-state index contributed by atoms with van der Waals surface area (Å²) < 4.78 is 4.64. The van der Waals surface area contributed by atoms with Gasteiger partial charge in [-0.25, -0.2) is 9.78 Å². The Morgan fingerprint density at radius 3 is 2.95 bits per heavy atom. The number of nitrogens with one attached hydrogen (secondary N) is 1. The Morgan fingerprint density at radius 2 is 2.19 bits per heavy atom. The lowest BCUT2D eigenvalue weighted by molar-refractivity contribution is 0.0699. The first-order valence-electron chi connectivity index (χ1n) is 6.36. The number of carbonyl (C=O) groups is 1. The number of aromatic carboxylic acids is 1. The summed E-state index contributed by atoms with van der Waals surface area (Å²) in [4.78, 5) is 19.6. The number of aromatic nitrogens is 3. The second-order valence-electron chi connectivity index (χ2n) is 4.40. The van der Waals surface area contributed by atoms with Crippen LogP contribution in [-0.4, -0.2) is 32.7 Å². The largest absolute Gasteiger partial charge is 0.478 e. The van der Waals surface area contributed by atoms with E-state index in [9.17, 15) is 9.90 Å². The van der Waals surface area contributed by atoms with Gasteiger partial charge < -0.3 is 14.9 Å². The number of fused-ring (bicyclic) bond motifs is 1. The molecule has 21 heavy (non-hydrogen) atoms. The van der Waals surface area contributed by atoms with Crippen molar-refractivity contribution in [3.05, 3.63) is 48.1 Å². The van der Waals surface area contributed by atoms with E-state index in [-0.39, 0.29) is 5.56 Å². The molecule has 7 heteroatoms. The molecule has 0 spiro atoms. The van der Waals surface area contributed by atoms with E-state index in [0.717, 1.165) is 0 Å². The van der Waals surface area contributed by atoms with Gasteiger partial charge in [0, 0.05) is 18.4 Å². The highest BCUT2D eigenvalue weighted by Crippen LogP contribution is 2.20. The number of rotatable bonds is 5. The molecule has 0 amide bonds. The van der Waals surface area contributed by atoms with E-state index in [4.69, 9.17) is 0 Å². The maximum absolute atomic E-state index is 11.3. The summed E-state index contributed by atoms with van der Waals surface area (Å²) in [6.07, 6.45) is 1.83. The average molecular weight is 284 g/mol. The molecular formula is C14H12N4O3. The predicted octanol–water partition coefficient (Wildman–Crippen LogP) is 1.97. The zero-order valence-corrected chi connectivity index (χ0v) is 11.0. The quantitative estimate of drug-likeness (QED) is 0.738. The third-order valence-corrected chi connectivity index (χ3v) is 3.01. The highest BCUT2D eigenvalue weighted by molar-refractivity contribution is 6.03. The minimum absolute atomic E-state index is 0.225. The van der Waals surface area contributed by atoms with E-state index in [1.165, 1.54) is 12.5 Å². The molecule has 0 aliphatic heterocycles. The van der Waals surface area contributed by atoms with Crippen LogP contribution < -0.4 is 5.32 Å². The fourth-order valence-corrected chi connectivity index (χ4v) is 2.05. The van der Waals surface area contributed by atoms with Crippen LogP contribution in [0.1, 0.15) is 16.2 Å². The summed E-state index contributed by atoms with van der Waals surface area (Å²) in [5.41, 5.74) is 0.863. The Labute approximate surface area is 119 Å². The van der Waals surface area contributed by atoms with Gasteiger partial charge in [0.05, 0.1) is 11.1 Å². The van der Waals surface area contributed by atoms with Gasteiger partial charge in [-0.1, -0.05) is 23.4 Å². The van der Waals surface area contributed by atoms with Gasteiger partial charge in [0.15, 0.2) is 5.82 Å². The second kappa shape index (κ2) is 5.58. The number of carboxylic acid groups (broad SMARTS) is 1. The molecule has 3 rings (SSSR count). The molecule has 0 atom stereocenters. The number of benzene rings is 1. The van der Waals surface area contributed by atoms with Crippen LogP contribution in [-0.2, 0) is 6.42 Å². The first kappa shape index (κ1) is 13.0. The molecule has 0 aliphatic rings. The van der Waals surface area contributed by atoms with Gasteiger partial charge >= 0.3 is 5.97 Å². The molecule has 7 nitrogen and oxygen atoms in total. The van der Waals surface area contributed by atoms with Gasteiger partial charge in [-0.05, 0) is 12.1 Å². The Morgan fingerprint density at radius 1 is 1.33 bits per heavy atom. The van der Waals surface area contributed by atoms with Crippen molar-refractivity contribution >= 4 is 22.7 Å². The van der Waals surface area contributed by atoms with Crippen molar-refractivity contribution in [1.29, 1.82) is 0 Å². The van der Waals surface area contributed by atoms with E-state index in [0.29, 0.717) is 35.5 Å². The Hall–Kier alpha value is -2.96. The minimum atomic E-state index is -0.977. The molecule has 2 aromatic heterocycles. The van der Waals surface area contributed by atoms with Crippen molar-refractivity contribution in [2.75, 3.05) is 11.9 Å². The molecule has 2 N–H and O–H groups in total. The van der Waals surface area contributed by atoms with Crippen molar-refractivity contribution in [1.82, 2.24) is 15.1 Å². The Bertz CT molecular complexity index is 771. The van der Waals surface area contributed by atoms with E-state index in [1.54, 1.807) is 18.2 Å². The maximum Gasteiger partial charge on any atom is 0.336 e. The van der Waals surface area contributed by atoms with Crippen molar-refractivity contribution in [2.45, 2.75) is 6.42 Å². The van der Waals surface area contributed by atoms with Gasteiger partial charge in [-0.3, -0.25) is 0 Å². The highest BCUT2D eigenvalue weighted by Gasteiger charge is 2.11. The zero-order valence-electron chi connectivity index (χ0n) is 11.0. The Kier molecular flexibility index (Phi) is 3.46. The minimum Gasteiger partial charge on any atom is -0.478 e. The second-order valence-corrected chi connectivity index (χ2v) is 4.40. The Balaban J connectivity index is 1.83. The summed E-state index contributed by atoms with van der Waals surface area (Å²) >= 11 is 0. The van der Waals surface area contributed by atoms with Crippen LogP contribution in [0.5, 0.6) is 0 Å². The van der Waals surface area contributed by atoms with Gasteiger partial charge in [0.1, 0.15) is 5.82 Å². The van der Waals surface area contributed by atoms with E-state index >= 15 is 0 Å². The number of pyridine rings is 1. The molecule has 2 heterocycles. The summed E-state index contributed by atoms with van der Waals surface area (Å²) in [7, 11) is 0. The topological polar surface area (TPSA) is 101 Å². The van der Waals surface area contributed by atoms with Crippen LogP contribution in [0.25, 0.3) is 10.9 Å². The summed E-state index contributed by atoms with van der Waals surface area (Å²) in [5, 5.41) is 16.7. The summed E-state index contributed by atoms with van der Waals surface area (Å²) in [5.74, 6) is 0.117. The normalized spacial score (nSPS) is 10.7. The first-order valence-corrected chi connectivity index (χ1v) is 6.36. The van der Waals surface area contributed by atoms with Crippen LogP contribution >= 0.6 is 0 Å². The first-order chi connectivity index (χ1) is 10.2. The molecule has 0 bridgehead atoms. The van der Waals surface area contributed by atoms with Gasteiger partial charge in [0.2, 0.25) is 6.39 Å². The SMILES string of the molecule is O=C(O)c1cc(NCCc2ncon2)nc2ccccc12. The fraction of sp³-hybridized carbons (Fsp3) is 0.143. The number of nitrogens with zero attached hydrogens (tertiary/aromatic N) is 3. The monoisotopic (exact) mass is 284 g/mol. The number of anilines is 1. The smallest absolute Gasteiger partial charge is 0.336 e. The predicted molar refractivity (Wildman–Crippen MR) is 75.2 cm³/mol. The highest BCUT2D eigenvalue weighted by atomic mass is 16.5. The van der Waals surface area contributed by atoms with Crippen molar-refractivity contribution in [3.8, 4) is 0 Å². The van der Waals surface area contributed by atoms with Crippen LogP contribution in [0.3, 0.4) is 0 Å². The van der Waals surface area contributed by atoms with Crippen molar-refractivity contribution in [2.24, 2.45) is 0 Å². The number of carboxylic acids is 1. The van der Waals surface area contributed by atoms with E-state index in [1.807, 2.05) is 6.07 Å². The molecule has 0 saturated heterocycles. The van der Waals surface area contributed by atoms with E-state index < -0.39 is 5.97 Å². The third kappa shape index (κ3) is 2.81. The van der Waals surface area contributed by atoms with Crippen LogP contribution in [0.2, 0.25) is 0 Å². The molecule has 1 aromatic carbocycles. The lowest BCUT2D eigenvalue weighted by Crippen LogP contribution is -2.09. The molecular weight excluding hydrogens is 272 g/mol. The van der Waals surface area contributed by atoms with Crippen LogP contribution in [0.4, 0.5) is 5.82 Å². The standard InChI is InChI=1S/C14H12N4O3/c19-14(20)10-7-13(15-6-5-12-16-8-21-18-12)17-11-4-2-1-3-9(10)11/h1-4,7-8H,5-6H2,(H,15,17)(H,19,20). The fourth-order valence-electron chi connectivity index (χ4n) is 2.05. The summed E-state index contributed by atoms with van der Waals surface area (Å²) in [6.45, 7) is 0.532. The van der Waals surface area contributed by atoms with Gasteiger partial charge in [-0.15, -0.1) is 0 Å². The van der Waals surface area contributed by atoms with Crippen LogP contribution in [0.15, 0.2) is 41.2 Å². The van der Waals surface area contributed by atoms with E-state index in [2.05, 4.69) is 25.0 Å². The number of hydrogen-bond donors (Lipinski definition) is 2. The maximum atomic E-state index is 11.3. The van der Waals surface area contributed by atoms with Crippen molar-refractivity contribution in [3.63, 3.8) is 0 Å².